The summed E-state index contributed by atoms with van der Waals surface area (Å²) >= 11 is 0. The van der Waals surface area contributed by atoms with Crippen LogP contribution in [0.15, 0.2) is 54.6 Å². The molecule has 0 nitrogen and oxygen atoms in total. The molecule has 3 unspecified atom stereocenters. The molecule has 0 bridgehead atoms. The minimum atomic E-state index is -0.868. The molecule has 3 aromatic carbocycles. The molecule has 0 spiro atoms. The number of fused-ring (bicyclic) bond motifs is 1. The maximum atomic E-state index is 13.5. The Morgan fingerprint density at radius 3 is 2.58 bits per heavy atom. The maximum absolute atomic E-state index is 13.5. The number of hydrogen-bond donors (Lipinski definition) is 0. The number of rotatable bonds is 4. The van der Waals surface area contributed by atoms with E-state index in [0.29, 0.717) is 11.5 Å². The predicted molar refractivity (Wildman–Crippen MR) is 125 cm³/mol. The fraction of sp³-hybridized carbons (Fsp3) is 0.379. The standard InChI is InChI=1S/C29H30F2/c1-3-7-22-8-4-5-11-26(22)20(2)24-15-16-27-23(9-6-10-25(27)19-24)14-12-21-13-17-28(30)29(31)18-21/h6,9-10,13,15-20,22,26H,3-5,7-8,11H2,1-2H3. The van der Waals surface area contributed by atoms with Crippen LogP contribution < -0.4 is 0 Å². The first kappa shape index (κ1) is 21.6. The van der Waals surface area contributed by atoms with Gasteiger partial charge >= 0.3 is 0 Å². The second-order valence-electron chi connectivity index (χ2n) is 8.95. The highest BCUT2D eigenvalue weighted by Crippen LogP contribution is 2.42. The highest BCUT2D eigenvalue weighted by atomic mass is 19.2. The lowest BCUT2D eigenvalue weighted by Gasteiger charge is -2.36. The Hall–Kier alpha value is -2.66. The topological polar surface area (TPSA) is 0 Å². The van der Waals surface area contributed by atoms with E-state index in [1.165, 1.54) is 55.5 Å². The van der Waals surface area contributed by atoms with Crippen molar-refractivity contribution >= 4 is 10.8 Å². The van der Waals surface area contributed by atoms with Crippen molar-refractivity contribution in [3.63, 3.8) is 0 Å². The van der Waals surface area contributed by atoms with Crippen molar-refractivity contribution in [1.29, 1.82) is 0 Å². The summed E-state index contributed by atoms with van der Waals surface area (Å²) in [6.45, 7) is 4.70. The largest absolute Gasteiger partial charge is 0.204 e. The summed E-state index contributed by atoms with van der Waals surface area (Å²) in [5.41, 5.74) is 2.79. The van der Waals surface area contributed by atoms with Crippen LogP contribution in [-0.4, -0.2) is 0 Å². The third kappa shape index (κ3) is 4.82. The zero-order valence-corrected chi connectivity index (χ0v) is 18.4. The van der Waals surface area contributed by atoms with Gasteiger partial charge in [0.15, 0.2) is 11.6 Å². The molecule has 0 N–H and O–H groups in total. The molecule has 1 saturated carbocycles. The molecule has 0 aliphatic heterocycles. The molecule has 0 amide bonds. The fourth-order valence-corrected chi connectivity index (χ4v) is 5.28. The van der Waals surface area contributed by atoms with Crippen LogP contribution in [0.25, 0.3) is 10.8 Å². The minimum Gasteiger partial charge on any atom is -0.204 e. The van der Waals surface area contributed by atoms with Gasteiger partial charge in [-0.3, -0.25) is 0 Å². The first-order valence-electron chi connectivity index (χ1n) is 11.6. The highest BCUT2D eigenvalue weighted by molar-refractivity contribution is 5.89. The maximum Gasteiger partial charge on any atom is 0.160 e. The molecule has 31 heavy (non-hydrogen) atoms. The fourth-order valence-electron chi connectivity index (χ4n) is 5.28. The van der Waals surface area contributed by atoms with E-state index < -0.39 is 11.6 Å². The van der Waals surface area contributed by atoms with Gasteiger partial charge < -0.3 is 0 Å². The van der Waals surface area contributed by atoms with Crippen LogP contribution in [0.4, 0.5) is 8.78 Å². The van der Waals surface area contributed by atoms with Crippen LogP contribution in [0.2, 0.25) is 0 Å². The molecule has 4 rings (SSSR count). The van der Waals surface area contributed by atoms with Gasteiger partial charge in [-0.1, -0.05) is 88.1 Å². The van der Waals surface area contributed by atoms with Crippen molar-refractivity contribution < 1.29 is 8.78 Å². The summed E-state index contributed by atoms with van der Waals surface area (Å²) in [7, 11) is 0. The zero-order chi connectivity index (χ0) is 21.8. The summed E-state index contributed by atoms with van der Waals surface area (Å²) in [4.78, 5) is 0. The van der Waals surface area contributed by atoms with Gasteiger partial charge in [-0.05, 0) is 64.8 Å². The average molecular weight is 417 g/mol. The molecule has 0 saturated heterocycles. The van der Waals surface area contributed by atoms with Gasteiger partial charge in [0.25, 0.3) is 0 Å². The van der Waals surface area contributed by atoms with E-state index in [0.717, 1.165) is 34.9 Å². The molecule has 160 valence electrons. The Kier molecular flexibility index (Phi) is 6.71. The highest BCUT2D eigenvalue weighted by Gasteiger charge is 2.29. The van der Waals surface area contributed by atoms with E-state index in [9.17, 15) is 8.78 Å². The van der Waals surface area contributed by atoms with Gasteiger partial charge in [0.1, 0.15) is 0 Å². The molecule has 2 heteroatoms. The Morgan fingerprint density at radius 2 is 1.77 bits per heavy atom. The Bertz CT molecular complexity index is 1120. The third-order valence-corrected chi connectivity index (χ3v) is 6.96. The number of halogens is 2. The second kappa shape index (κ2) is 9.65. The molecule has 3 aromatic rings. The molecule has 1 aliphatic rings. The summed E-state index contributed by atoms with van der Waals surface area (Å²) in [6, 6.07) is 16.7. The summed E-state index contributed by atoms with van der Waals surface area (Å²) in [6.07, 6.45) is 8.06. The summed E-state index contributed by atoms with van der Waals surface area (Å²) in [5.74, 6) is 6.57. The van der Waals surface area contributed by atoms with Crippen LogP contribution in [0.1, 0.15) is 75.0 Å². The van der Waals surface area contributed by atoms with Gasteiger partial charge in [-0.15, -0.1) is 0 Å². The van der Waals surface area contributed by atoms with E-state index in [2.05, 4.69) is 50.0 Å². The molecule has 3 atom stereocenters. The van der Waals surface area contributed by atoms with E-state index >= 15 is 0 Å². The van der Waals surface area contributed by atoms with Gasteiger partial charge in [0, 0.05) is 11.1 Å². The molecule has 0 heterocycles. The van der Waals surface area contributed by atoms with E-state index in [4.69, 9.17) is 0 Å². The van der Waals surface area contributed by atoms with E-state index in [1.807, 2.05) is 12.1 Å². The number of benzene rings is 3. The Labute approximate surface area is 184 Å². The molecular weight excluding hydrogens is 386 g/mol. The Balaban J connectivity index is 1.62. The quantitative estimate of drug-likeness (QED) is 0.376. The summed E-state index contributed by atoms with van der Waals surface area (Å²) in [5, 5.41) is 2.28. The van der Waals surface area contributed by atoms with Gasteiger partial charge in [0.2, 0.25) is 0 Å². The van der Waals surface area contributed by atoms with Gasteiger partial charge in [0.05, 0.1) is 0 Å². The predicted octanol–water partition coefficient (Wildman–Crippen LogP) is 8.23. The molecule has 0 radical (unpaired) electrons. The monoisotopic (exact) mass is 416 g/mol. The third-order valence-electron chi connectivity index (χ3n) is 6.96. The number of hydrogen-bond acceptors (Lipinski definition) is 0. The lowest BCUT2D eigenvalue weighted by atomic mass is 9.69. The van der Waals surface area contributed by atoms with Gasteiger partial charge in [-0.2, -0.15) is 0 Å². The molecular formula is C29H30F2. The lowest BCUT2D eigenvalue weighted by molar-refractivity contribution is 0.195. The van der Waals surface area contributed by atoms with Crippen LogP contribution in [-0.2, 0) is 0 Å². The minimum absolute atomic E-state index is 0.473. The second-order valence-corrected chi connectivity index (χ2v) is 8.95. The van der Waals surface area contributed by atoms with E-state index in [1.54, 1.807) is 0 Å². The van der Waals surface area contributed by atoms with Crippen LogP contribution in [0, 0.1) is 35.3 Å². The van der Waals surface area contributed by atoms with Crippen LogP contribution in [0.3, 0.4) is 0 Å². The van der Waals surface area contributed by atoms with Gasteiger partial charge in [-0.25, -0.2) is 8.78 Å². The van der Waals surface area contributed by atoms with Crippen molar-refractivity contribution in [1.82, 2.24) is 0 Å². The van der Waals surface area contributed by atoms with Crippen LogP contribution >= 0.6 is 0 Å². The lowest BCUT2D eigenvalue weighted by Crippen LogP contribution is -2.24. The van der Waals surface area contributed by atoms with Crippen molar-refractivity contribution in [3.8, 4) is 11.8 Å². The molecule has 1 aliphatic carbocycles. The van der Waals surface area contributed by atoms with Crippen molar-refractivity contribution in [2.45, 2.75) is 58.3 Å². The Morgan fingerprint density at radius 1 is 0.935 bits per heavy atom. The first-order chi connectivity index (χ1) is 15.1. The van der Waals surface area contributed by atoms with Crippen molar-refractivity contribution in [2.75, 3.05) is 0 Å². The van der Waals surface area contributed by atoms with E-state index in [-0.39, 0.29) is 0 Å². The van der Waals surface area contributed by atoms with Crippen molar-refractivity contribution in [3.05, 3.63) is 82.9 Å². The molecule has 0 aromatic heterocycles. The SMILES string of the molecule is CCCC1CCCCC1C(C)c1ccc2c(C#Cc3ccc(F)c(F)c3)cccc2c1. The average Bonchev–Trinajstić information content (AvgIpc) is 2.79. The first-order valence-corrected chi connectivity index (χ1v) is 11.6. The van der Waals surface area contributed by atoms with Crippen molar-refractivity contribution in [2.24, 2.45) is 11.8 Å². The normalized spacial score (nSPS) is 19.6. The van der Waals surface area contributed by atoms with Crippen LogP contribution in [0.5, 0.6) is 0 Å². The summed E-state index contributed by atoms with van der Waals surface area (Å²) < 4.78 is 26.6. The smallest absolute Gasteiger partial charge is 0.160 e. The molecule has 1 fully saturated rings. The zero-order valence-electron chi connectivity index (χ0n) is 18.4.